The van der Waals surface area contributed by atoms with Crippen LogP contribution in [0, 0.1) is 0 Å². The second-order valence-corrected chi connectivity index (χ2v) is 6.13. The summed E-state index contributed by atoms with van der Waals surface area (Å²) >= 11 is 6.30. The van der Waals surface area contributed by atoms with Gasteiger partial charge in [0.25, 0.3) is 5.91 Å². The van der Waals surface area contributed by atoms with Crippen molar-refractivity contribution in [2.75, 3.05) is 5.32 Å². The van der Waals surface area contributed by atoms with E-state index in [4.69, 9.17) is 11.6 Å². The van der Waals surface area contributed by atoms with Gasteiger partial charge in [0.1, 0.15) is 0 Å². The zero-order chi connectivity index (χ0) is 17.8. The van der Waals surface area contributed by atoms with Crippen molar-refractivity contribution in [3.8, 4) is 5.69 Å². The summed E-state index contributed by atoms with van der Waals surface area (Å²) < 4.78 is 1.75. The van der Waals surface area contributed by atoms with Gasteiger partial charge < -0.3 is 5.32 Å². The lowest BCUT2D eigenvalue weighted by atomic mass is 10.0. The first-order valence-corrected chi connectivity index (χ1v) is 8.73. The summed E-state index contributed by atoms with van der Waals surface area (Å²) in [6.07, 6.45) is 5.18. The lowest BCUT2D eigenvalue weighted by Crippen LogP contribution is -2.15. The van der Waals surface area contributed by atoms with Gasteiger partial charge in [-0.2, -0.15) is 5.10 Å². The number of halogens is 1. The number of anilines is 1. The molecule has 0 radical (unpaired) electrons. The molecule has 0 spiro atoms. The Hall–Kier alpha value is -2.59. The lowest BCUT2D eigenvalue weighted by molar-refractivity contribution is 0.102. The lowest BCUT2D eigenvalue weighted by Gasteiger charge is -2.16. The summed E-state index contributed by atoms with van der Waals surface area (Å²) in [7, 11) is 0. The summed E-state index contributed by atoms with van der Waals surface area (Å²) in [5.41, 5.74) is 4.40. The topological polar surface area (TPSA) is 46.9 Å². The van der Waals surface area contributed by atoms with Crippen molar-refractivity contribution < 1.29 is 4.79 Å². The molecule has 0 aliphatic carbocycles. The summed E-state index contributed by atoms with van der Waals surface area (Å²) in [6, 6.07) is 13.1. The van der Waals surface area contributed by atoms with E-state index in [1.807, 2.05) is 43.5 Å². The van der Waals surface area contributed by atoms with Gasteiger partial charge in [0.2, 0.25) is 0 Å². The molecular weight excluding hydrogens is 334 g/mol. The highest BCUT2D eigenvalue weighted by molar-refractivity contribution is 6.32. The summed E-state index contributed by atoms with van der Waals surface area (Å²) in [4.78, 5) is 12.7. The predicted molar refractivity (Wildman–Crippen MR) is 102 cm³/mol. The van der Waals surface area contributed by atoms with E-state index in [-0.39, 0.29) is 5.91 Å². The Kier molecular flexibility index (Phi) is 5.19. The third-order valence-corrected chi connectivity index (χ3v) is 4.57. The molecule has 0 aliphatic heterocycles. The highest BCUT2D eigenvalue weighted by atomic mass is 35.5. The van der Waals surface area contributed by atoms with E-state index in [2.05, 4.69) is 17.3 Å². The van der Waals surface area contributed by atoms with Gasteiger partial charge in [-0.05, 0) is 60.4 Å². The second kappa shape index (κ2) is 7.53. The van der Waals surface area contributed by atoms with Crippen LogP contribution in [0.5, 0.6) is 0 Å². The Balaban J connectivity index is 1.86. The van der Waals surface area contributed by atoms with Crippen molar-refractivity contribution in [1.29, 1.82) is 0 Å². The van der Waals surface area contributed by atoms with Crippen molar-refractivity contribution in [2.24, 2.45) is 0 Å². The first kappa shape index (κ1) is 17.2. The Labute approximate surface area is 152 Å². The number of carbonyl (C=O) groups excluding carboxylic acids is 1. The SMILES string of the molecule is CCc1ccc(Cl)c(CC)c1NC(=O)c1ccc(-n2cccn2)cc1. The number of aryl methyl sites for hydroxylation is 1. The molecule has 0 bridgehead atoms. The van der Waals surface area contributed by atoms with E-state index >= 15 is 0 Å². The molecule has 5 heteroatoms. The maximum atomic E-state index is 12.7. The normalized spacial score (nSPS) is 10.7. The van der Waals surface area contributed by atoms with Crippen LogP contribution in [0.25, 0.3) is 5.69 Å². The molecule has 0 saturated carbocycles. The molecule has 0 atom stereocenters. The van der Waals surface area contributed by atoms with Crippen LogP contribution in [0.15, 0.2) is 54.9 Å². The van der Waals surface area contributed by atoms with Crippen LogP contribution < -0.4 is 5.32 Å². The Morgan fingerprint density at radius 1 is 1.12 bits per heavy atom. The molecule has 4 nitrogen and oxygen atoms in total. The Morgan fingerprint density at radius 2 is 1.88 bits per heavy atom. The van der Waals surface area contributed by atoms with Gasteiger partial charge in [0.05, 0.1) is 5.69 Å². The van der Waals surface area contributed by atoms with Crippen molar-refractivity contribution in [1.82, 2.24) is 9.78 Å². The minimum Gasteiger partial charge on any atom is -0.321 e. The average Bonchev–Trinajstić information content (AvgIpc) is 3.17. The maximum absolute atomic E-state index is 12.7. The number of aromatic nitrogens is 2. The number of nitrogens with one attached hydrogen (secondary N) is 1. The molecule has 0 aliphatic rings. The first-order chi connectivity index (χ1) is 12.1. The summed E-state index contributed by atoms with van der Waals surface area (Å²) in [5, 5.41) is 7.92. The number of carbonyl (C=O) groups is 1. The van der Waals surface area contributed by atoms with Gasteiger partial charge in [0.15, 0.2) is 0 Å². The van der Waals surface area contributed by atoms with Gasteiger partial charge in [-0.1, -0.05) is 31.5 Å². The molecule has 3 rings (SSSR count). The van der Waals surface area contributed by atoms with Crippen molar-refractivity contribution in [2.45, 2.75) is 26.7 Å². The molecule has 1 aromatic heterocycles. The fourth-order valence-electron chi connectivity index (χ4n) is 2.84. The number of hydrogen-bond acceptors (Lipinski definition) is 2. The van der Waals surface area contributed by atoms with Crippen molar-refractivity contribution in [3.05, 3.63) is 76.6 Å². The molecule has 3 aromatic rings. The highest BCUT2D eigenvalue weighted by Crippen LogP contribution is 2.30. The van der Waals surface area contributed by atoms with Crippen molar-refractivity contribution >= 4 is 23.2 Å². The summed E-state index contributed by atoms with van der Waals surface area (Å²) in [5.74, 6) is -0.140. The van der Waals surface area contributed by atoms with E-state index in [1.54, 1.807) is 23.0 Å². The third-order valence-electron chi connectivity index (χ3n) is 4.21. The highest BCUT2D eigenvalue weighted by Gasteiger charge is 2.14. The average molecular weight is 354 g/mol. The minimum atomic E-state index is -0.140. The molecule has 0 fully saturated rings. The molecule has 0 unspecified atom stereocenters. The maximum Gasteiger partial charge on any atom is 0.255 e. The standard InChI is InChI=1S/C20H20ClN3O/c1-3-14-8-11-18(21)17(4-2)19(14)23-20(25)15-6-9-16(10-7-15)24-13-5-12-22-24/h5-13H,3-4H2,1-2H3,(H,23,25). The monoisotopic (exact) mass is 353 g/mol. The van der Waals surface area contributed by atoms with Crippen LogP contribution in [0.2, 0.25) is 5.02 Å². The molecular formula is C20H20ClN3O. The quantitative estimate of drug-likeness (QED) is 0.708. The van der Waals surface area contributed by atoms with Crippen molar-refractivity contribution in [3.63, 3.8) is 0 Å². The largest absolute Gasteiger partial charge is 0.321 e. The van der Waals surface area contributed by atoms with Crippen LogP contribution in [-0.2, 0) is 12.8 Å². The van der Waals surface area contributed by atoms with Gasteiger partial charge >= 0.3 is 0 Å². The Bertz CT molecular complexity index is 871. The van der Waals surface area contributed by atoms with Crippen LogP contribution in [0.1, 0.15) is 35.3 Å². The number of amides is 1. The number of benzene rings is 2. The molecule has 1 amide bonds. The van der Waals surface area contributed by atoms with E-state index in [9.17, 15) is 4.79 Å². The van der Waals surface area contributed by atoms with E-state index in [0.717, 1.165) is 35.3 Å². The van der Waals surface area contributed by atoms with Gasteiger partial charge in [-0.15, -0.1) is 0 Å². The van der Waals surface area contributed by atoms with E-state index < -0.39 is 0 Å². The second-order valence-electron chi connectivity index (χ2n) is 5.72. The number of hydrogen-bond donors (Lipinski definition) is 1. The molecule has 1 heterocycles. The van der Waals surface area contributed by atoms with Crippen LogP contribution in [-0.4, -0.2) is 15.7 Å². The molecule has 0 saturated heterocycles. The number of nitrogens with zero attached hydrogens (tertiary/aromatic N) is 2. The van der Waals surface area contributed by atoms with Crippen LogP contribution in [0.3, 0.4) is 0 Å². The third kappa shape index (κ3) is 3.59. The van der Waals surface area contributed by atoms with Gasteiger partial charge in [-0.25, -0.2) is 4.68 Å². The Morgan fingerprint density at radius 3 is 2.48 bits per heavy atom. The molecule has 25 heavy (non-hydrogen) atoms. The number of rotatable bonds is 5. The van der Waals surface area contributed by atoms with Gasteiger partial charge in [0, 0.05) is 28.7 Å². The molecule has 1 N–H and O–H groups in total. The summed E-state index contributed by atoms with van der Waals surface area (Å²) in [6.45, 7) is 4.10. The molecule has 128 valence electrons. The minimum absolute atomic E-state index is 0.140. The first-order valence-electron chi connectivity index (χ1n) is 8.35. The predicted octanol–water partition coefficient (Wildman–Crippen LogP) is 4.90. The zero-order valence-corrected chi connectivity index (χ0v) is 15.0. The van der Waals surface area contributed by atoms with E-state index in [0.29, 0.717) is 10.6 Å². The molecule has 2 aromatic carbocycles. The van der Waals surface area contributed by atoms with E-state index in [1.165, 1.54) is 0 Å². The van der Waals surface area contributed by atoms with Crippen LogP contribution in [0.4, 0.5) is 5.69 Å². The fourth-order valence-corrected chi connectivity index (χ4v) is 3.13. The smallest absolute Gasteiger partial charge is 0.255 e. The zero-order valence-electron chi connectivity index (χ0n) is 14.3. The van der Waals surface area contributed by atoms with Crippen LogP contribution >= 0.6 is 11.6 Å². The fraction of sp³-hybridized carbons (Fsp3) is 0.200. The van der Waals surface area contributed by atoms with Gasteiger partial charge in [-0.3, -0.25) is 4.79 Å².